The summed E-state index contributed by atoms with van der Waals surface area (Å²) in [4.78, 5) is 0. The Morgan fingerprint density at radius 1 is 1.31 bits per heavy atom. The highest BCUT2D eigenvalue weighted by Gasteiger charge is 2.05. The van der Waals surface area contributed by atoms with E-state index in [4.69, 9.17) is 0 Å². The highest BCUT2D eigenvalue weighted by atomic mass is 79.9. The Morgan fingerprint density at radius 2 is 2.12 bits per heavy atom. The minimum absolute atomic E-state index is 0.776. The predicted octanol–water partition coefficient (Wildman–Crippen LogP) is 3.12. The second kappa shape index (κ2) is 5.12. The van der Waals surface area contributed by atoms with Crippen LogP contribution in [0.15, 0.2) is 39.4 Å². The van der Waals surface area contributed by atoms with Crippen LogP contribution in [0.3, 0.4) is 0 Å². The lowest BCUT2D eigenvalue weighted by atomic mass is 10.3. The molecule has 0 saturated carbocycles. The Kier molecular flexibility index (Phi) is 3.78. The smallest absolute Gasteiger partial charge is 0.0798 e. The van der Waals surface area contributed by atoms with Gasteiger partial charge >= 0.3 is 0 Å². The van der Waals surface area contributed by atoms with E-state index >= 15 is 0 Å². The van der Waals surface area contributed by atoms with E-state index in [9.17, 15) is 0 Å². The van der Waals surface area contributed by atoms with E-state index in [-0.39, 0.29) is 0 Å². The maximum atomic E-state index is 4.48. The Hall–Kier alpha value is -0.650. The molecule has 0 atom stereocenters. The zero-order valence-electron chi connectivity index (χ0n) is 8.74. The maximum Gasteiger partial charge on any atom is 0.0798 e. The average Bonchev–Trinajstić information content (AvgIpc) is 2.71. The van der Waals surface area contributed by atoms with Crippen LogP contribution in [-0.4, -0.2) is 16.8 Å². The largest absolute Gasteiger partial charge is 0.314 e. The molecule has 16 heavy (non-hydrogen) atoms. The Morgan fingerprint density at radius 3 is 2.88 bits per heavy atom. The molecule has 0 saturated heterocycles. The highest BCUT2D eigenvalue weighted by molar-refractivity contribution is 9.11. The van der Waals surface area contributed by atoms with Crippen molar-refractivity contribution in [3.63, 3.8) is 0 Å². The van der Waals surface area contributed by atoms with Gasteiger partial charge in [0.2, 0.25) is 0 Å². The normalized spacial score (nSPS) is 10.7. The van der Waals surface area contributed by atoms with E-state index in [1.807, 2.05) is 42.2 Å². The summed E-state index contributed by atoms with van der Waals surface area (Å²) in [5.74, 6) is 0. The first-order chi connectivity index (χ1) is 7.70. The molecule has 0 amide bonds. The molecule has 2 rings (SSSR count). The first-order valence-electron chi connectivity index (χ1n) is 4.85. The van der Waals surface area contributed by atoms with Gasteiger partial charge in [-0.05, 0) is 47.2 Å². The van der Waals surface area contributed by atoms with Gasteiger partial charge in [0, 0.05) is 21.7 Å². The first-order valence-corrected chi connectivity index (χ1v) is 6.44. The van der Waals surface area contributed by atoms with Crippen molar-refractivity contribution in [3.05, 3.63) is 45.1 Å². The molecule has 0 aliphatic carbocycles. The molecule has 84 valence electrons. The predicted molar refractivity (Wildman–Crippen MR) is 71.7 cm³/mol. The van der Waals surface area contributed by atoms with Crippen LogP contribution in [0.1, 0.15) is 5.69 Å². The van der Waals surface area contributed by atoms with Crippen LogP contribution in [0.4, 0.5) is 0 Å². The quantitative estimate of drug-likeness (QED) is 0.927. The van der Waals surface area contributed by atoms with Crippen LogP contribution < -0.4 is 5.32 Å². The summed E-state index contributed by atoms with van der Waals surface area (Å²) >= 11 is 6.97. The van der Waals surface area contributed by atoms with Gasteiger partial charge in [-0.25, -0.2) is 4.68 Å². The molecule has 1 aromatic carbocycles. The minimum Gasteiger partial charge on any atom is -0.314 e. The average molecular weight is 345 g/mol. The number of hydrogen-bond donors (Lipinski definition) is 1. The van der Waals surface area contributed by atoms with Crippen LogP contribution >= 0.6 is 31.9 Å². The molecule has 0 spiro atoms. The number of hydrogen-bond acceptors (Lipinski definition) is 2. The summed E-state index contributed by atoms with van der Waals surface area (Å²) in [7, 11) is 1.91. The van der Waals surface area contributed by atoms with Crippen LogP contribution in [-0.2, 0) is 6.54 Å². The number of nitrogens with zero attached hydrogens (tertiary/aromatic N) is 2. The molecule has 1 N–H and O–H groups in total. The summed E-state index contributed by atoms with van der Waals surface area (Å²) in [6.07, 6.45) is 1.96. The summed E-state index contributed by atoms with van der Waals surface area (Å²) in [6.45, 7) is 0.776. The second-order valence-corrected chi connectivity index (χ2v) is 5.15. The van der Waals surface area contributed by atoms with E-state index in [1.54, 1.807) is 0 Å². The molecule has 0 aliphatic rings. The summed E-state index contributed by atoms with van der Waals surface area (Å²) in [5.41, 5.74) is 2.05. The van der Waals surface area contributed by atoms with Crippen molar-refractivity contribution < 1.29 is 0 Å². The maximum absolute atomic E-state index is 4.48. The minimum atomic E-state index is 0.776. The molecular formula is C11H11Br2N3. The summed E-state index contributed by atoms with van der Waals surface area (Å²) in [6, 6.07) is 8.02. The van der Waals surface area contributed by atoms with E-state index in [0.29, 0.717) is 0 Å². The zero-order valence-corrected chi connectivity index (χ0v) is 11.9. The van der Waals surface area contributed by atoms with Crippen molar-refractivity contribution in [2.75, 3.05) is 7.05 Å². The SMILES string of the molecule is CNCc1ccn(-c2cc(Br)ccc2Br)n1. The summed E-state index contributed by atoms with van der Waals surface area (Å²) < 4.78 is 3.92. The van der Waals surface area contributed by atoms with Crippen molar-refractivity contribution in [1.82, 2.24) is 15.1 Å². The standard InChI is InChI=1S/C11H11Br2N3/c1-14-7-9-4-5-16(15-9)11-6-8(12)2-3-10(11)13/h2-6,14H,7H2,1H3. The molecular weight excluding hydrogens is 334 g/mol. The lowest BCUT2D eigenvalue weighted by Gasteiger charge is -2.05. The number of benzene rings is 1. The van der Waals surface area contributed by atoms with Crippen LogP contribution in [0, 0.1) is 0 Å². The van der Waals surface area contributed by atoms with Gasteiger partial charge in [-0.15, -0.1) is 0 Å². The van der Waals surface area contributed by atoms with E-state index in [2.05, 4.69) is 42.3 Å². The fourth-order valence-corrected chi connectivity index (χ4v) is 2.21. The third-order valence-corrected chi connectivity index (χ3v) is 3.32. The number of aromatic nitrogens is 2. The molecule has 1 heterocycles. The van der Waals surface area contributed by atoms with Crippen molar-refractivity contribution in [2.45, 2.75) is 6.54 Å². The second-order valence-electron chi connectivity index (χ2n) is 3.38. The molecule has 5 heteroatoms. The molecule has 2 aromatic rings. The topological polar surface area (TPSA) is 29.9 Å². The highest BCUT2D eigenvalue weighted by Crippen LogP contribution is 2.24. The molecule has 0 bridgehead atoms. The Balaban J connectivity index is 2.38. The van der Waals surface area contributed by atoms with Gasteiger partial charge in [-0.1, -0.05) is 15.9 Å². The van der Waals surface area contributed by atoms with Gasteiger partial charge in [-0.3, -0.25) is 0 Å². The van der Waals surface area contributed by atoms with Crippen molar-refractivity contribution in [3.8, 4) is 5.69 Å². The van der Waals surface area contributed by atoms with Gasteiger partial charge < -0.3 is 5.32 Å². The monoisotopic (exact) mass is 343 g/mol. The molecule has 0 aliphatic heterocycles. The first kappa shape index (κ1) is 11.8. The Labute approximate surface area is 111 Å². The van der Waals surface area contributed by atoms with E-state index < -0.39 is 0 Å². The number of nitrogens with one attached hydrogen (secondary N) is 1. The van der Waals surface area contributed by atoms with E-state index in [1.165, 1.54) is 0 Å². The van der Waals surface area contributed by atoms with Crippen LogP contribution in [0.5, 0.6) is 0 Å². The lowest BCUT2D eigenvalue weighted by molar-refractivity contribution is 0.756. The lowest BCUT2D eigenvalue weighted by Crippen LogP contribution is -2.06. The molecule has 1 aromatic heterocycles. The molecule has 3 nitrogen and oxygen atoms in total. The van der Waals surface area contributed by atoms with Crippen molar-refractivity contribution in [1.29, 1.82) is 0 Å². The van der Waals surface area contributed by atoms with Gasteiger partial charge in [0.25, 0.3) is 0 Å². The van der Waals surface area contributed by atoms with Gasteiger partial charge in [0.15, 0.2) is 0 Å². The number of halogens is 2. The van der Waals surface area contributed by atoms with Crippen molar-refractivity contribution >= 4 is 31.9 Å². The van der Waals surface area contributed by atoms with Gasteiger partial charge in [-0.2, -0.15) is 5.10 Å². The molecule has 0 radical (unpaired) electrons. The summed E-state index contributed by atoms with van der Waals surface area (Å²) in [5, 5.41) is 7.55. The van der Waals surface area contributed by atoms with Crippen LogP contribution in [0.2, 0.25) is 0 Å². The third-order valence-electron chi connectivity index (χ3n) is 2.16. The molecule has 0 unspecified atom stereocenters. The Bertz CT molecular complexity index is 494. The third kappa shape index (κ3) is 2.53. The number of rotatable bonds is 3. The van der Waals surface area contributed by atoms with Crippen molar-refractivity contribution in [2.24, 2.45) is 0 Å². The van der Waals surface area contributed by atoms with Crippen LogP contribution in [0.25, 0.3) is 5.69 Å². The zero-order chi connectivity index (χ0) is 11.5. The molecule has 0 fully saturated rings. The van der Waals surface area contributed by atoms with E-state index in [0.717, 1.165) is 26.9 Å². The fraction of sp³-hybridized carbons (Fsp3) is 0.182. The fourth-order valence-electron chi connectivity index (χ4n) is 1.43. The van der Waals surface area contributed by atoms with Gasteiger partial charge in [0.05, 0.1) is 11.4 Å². The van der Waals surface area contributed by atoms with Gasteiger partial charge in [0.1, 0.15) is 0 Å².